The maximum absolute atomic E-state index is 6.05. The number of hydrogen-bond acceptors (Lipinski definition) is 4. The molecule has 2 aliphatic heterocycles. The number of rotatable bonds is 3. The highest BCUT2D eigenvalue weighted by Crippen LogP contribution is 2.41. The first-order valence-corrected chi connectivity index (χ1v) is 7.53. The van der Waals surface area contributed by atoms with Gasteiger partial charge in [0.25, 0.3) is 0 Å². The van der Waals surface area contributed by atoms with Crippen molar-refractivity contribution in [3.05, 3.63) is 17.5 Å². The van der Waals surface area contributed by atoms with Crippen molar-refractivity contribution in [2.24, 2.45) is 13.0 Å². The molecule has 112 valence electrons. The van der Waals surface area contributed by atoms with Crippen LogP contribution in [0.4, 0.5) is 0 Å². The van der Waals surface area contributed by atoms with Gasteiger partial charge in [-0.2, -0.15) is 5.10 Å². The minimum atomic E-state index is -0.0336. The zero-order valence-electron chi connectivity index (χ0n) is 12.7. The lowest BCUT2D eigenvalue weighted by Gasteiger charge is -2.40. The first kappa shape index (κ1) is 14.0. The second kappa shape index (κ2) is 5.47. The highest BCUT2D eigenvalue weighted by molar-refractivity contribution is 5.22. The topological polar surface area (TPSA) is 48.3 Å². The van der Waals surface area contributed by atoms with E-state index in [-0.39, 0.29) is 5.60 Å². The molecule has 3 heterocycles. The van der Waals surface area contributed by atoms with Crippen LogP contribution in [0.25, 0.3) is 0 Å². The van der Waals surface area contributed by atoms with Crippen LogP contribution in [0.15, 0.2) is 6.20 Å². The SMILES string of the molecule is CNC(c1cnn(C)c1C)C1CCOC2(CCOC2)C1. The molecule has 0 radical (unpaired) electrons. The van der Waals surface area contributed by atoms with Gasteiger partial charge in [0.05, 0.1) is 18.4 Å². The quantitative estimate of drug-likeness (QED) is 0.912. The molecular formula is C15H25N3O2. The summed E-state index contributed by atoms with van der Waals surface area (Å²) in [6.07, 6.45) is 5.21. The van der Waals surface area contributed by atoms with E-state index in [0.29, 0.717) is 12.0 Å². The molecule has 0 aromatic carbocycles. The van der Waals surface area contributed by atoms with E-state index in [2.05, 4.69) is 17.3 Å². The Hall–Kier alpha value is -0.910. The molecule has 2 fully saturated rings. The largest absolute Gasteiger partial charge is 0.378 e. The van der Waals surface area contributed by atoms with Crippen molar-refractivity contribution in [2.45, 2.75) is 37.8 Å². The van der Waals surface area contributed by atoms with E-state index >= 15 is 0 Å². The third kappa shape index (κ3) is 2.38. The summed E-state index contributed by atoms with van der Waals surface area (Å²) in [4.78, 5) is 0. The third-order valence-corrected chi connectivity index (χ3v) is 4.99. The van der Waals surface area contributed by atoms with Crippen molar-refractivity contribution in [2.75, 3.05) is 26.9 Å². The highest BCUT2D eigenvalue weighted by atomic mass is 16.6. The van der Waals surface area contributed by atoms with E-state index in [1.165, 1.54) is 11.3 Å². The maximum Gasteiger partial charge on any atom is 0.0940 e. The zero-order chi connectivity index (χ0) is 14.2. The van der Waals surface area contributed by atoms with Crippen molar-refractivity contribution in [3.8, 4) is 0 Å². The Bertz CT molecular complexity index is 466. The van der Waals surface area contributed by atoms with E-state index in [0.717, 1.165) is 39.1 Å². The lowest BCUT2D eigenvalue weighted by Crippen LogP contribution is -2.43. The van der Waals surface area contributed by atoms with Crippen LogP contribution in [0.3, 0.4) is 0 Å². The summed E-state index contributed by atoms with van der Waals surface area (Å²) in [5.74, 6) is 0.582. The van der Waals surface area contributed by atoms with Crippen LogP contribution in [0.1, 0.15) is 36.6 Å². The average molecular weight is 279 g/mol. The Balaban J connectivity index is 1.80. The van der Waals surface area contributed by atoms with Crippen LogP contribution in [0.5, 0.6) is 0 Å². The molecule has 5 nitrogen and oxygen atoms in total. The Kier molecular flexibility index (Phi) is 3.84. The van der Waals surface area contributed by atoms with Crippen LogP contribution in [-0.4, -0.2) is 42.2 Å². The Morgan fingerprint density at radius 2 is 2.35 bits per heavy atom. The molecule has 3 rings (SSSR count). The van der Waals surface area contributed by atoms with Gasteiger partial charge in [0, 0.05) is 44.0 Å². The number of nitrogens with one attached hydrogen (secondary N) is 1. The molecule has 0 bridgehead atoms. The molecule has 1 aromatic rings. The molecule has 3 atom stereocenters. The molecule has 0 saturated carbocycles. The monoisotopic (exact) mass is 279 g/mol. The summed E-state index contributed by atoms with van der Waals surface area (Å²) in [5, 5.41) is 7.89. The van der Waals surface area contributed by atoms with Gasteiger partial charge >= 0.3 is 0 Å². The number of ether oxygens (including phenoxy) is 2. The van der Waals surface area contributed by atoms with E-state index in [1.54, 1.807) is 0 Å². The summed E-state index contributed by atoms with van der Waals surface area (Å²) < 4.78 is 13.6. The smallest absolute Gasteiger partial charge is 0.0940 e. The third-order valence-electron chi connectivity index (χ3n) is 4.99. The molecule has 2 saturated heterocycles. The van der Waals surface area contributed by atoms with Crippen LogP contribution in [0, 0.1) is 12.8 Å². The van der Waals surface area contributed by atoms with Gasteiger partial charge in [0.15, 0.2) is 0 Å². The number of hydrogen-bond donors (Lipinski definition) is 1. The molecule has 5 heteroatoms. The lowest BCUT2D eigenvalue weighted by molar-refractivity contribution is -0.103. The fourth-order valence-electron chi connectivity index (χ4n) is 3.68. The molecule has 0 aliphatic carbocycles. The van der Waals surface area contributed by atoms with Crippen molar-refractivity contribution in [1.82, 2.24) is 15.1 Å². The molecule has 1 N–H and O–H groups in total. The number of nitrogens with zero attached hydrogens (tertiary/aromatic N) is 2. The Morgan fingerprint density at radius 1 is 1.50 bits per heavy atom. The van der Waals surface area contributed by atoms with Crippen molar-refractivity contribution < 1.29 is 9.47 Å². The highest BCUT2D eigenvalue weighted by Gasteiger charge is 2.43. The van der Waals surface area contributed by atoms with E-state index in [1.807, 2.05) is 25.0 Å². The second-order valence-corrected chi connectivity index (χ2v) is 6.16. The minimum absolute atomic E-state index is 0.0336. The van der Waals surface area contributed by atoms with Crippen molar-refractivity contribution in [1.29, 1.82) is 0 Å². The summed E-state index contributed by atoms with van der Waals surface area (Å²) >= 11 is 0. The fourth-order valence-corrected chi connectivity index (χ4v) is 3.68. The van der Waals surface area contributed by atoms with Gasteiger partial charge in [0.1, 0.15) is 0 Å². The predicted molar refractivity (Wildman–Crippen MR) is 76.6 cm³/mol. The average Bonchev–Trinajstić information content (AvgIpc) is 3.02. The van der Waals surface area contributed by atoms with Crippen LogP contribution in [0.2, 0.25) is 0 Å². The second-order valence-electron chi connectivity index (χ2n) is 6.16. The normalized spacial score (nSPS) is 31.9. The standard InChI is InChI=1S/C15H25N3O2/c1-11-13(9-17-18(11)3)14(16-2)12-4-6-20-15(8-12)5-7-19-10-15/h9,12,14,16H,4-8,10H2,1-3H3. The van der Waals surface area contributed by atoms with Gasteiger partial charge in [-0.15, -0.1) is 0 Å². The zero-order valence-corrected chi connectivity index (χ0v) is 12.7. The molecule has 2 aliphatic rings. The molecular weight excluding hydrogens is 254 g/mol. The molecule has 1 aromatic heterocycles. The summed E-state index contributed by atoms with van der Waals surface area (Å²) in [6, 6.07) is 0.352. The first-order chi connectivity index (χ1) is 9.65. The molecule has 3 unspecified atom stereocenters. The van der Waals surface area contributed by atoms with Gasteiger partial charge in [0.2, 0.25) is 0 Å². The molecule has 1 spiro atoms. The first-order valence-electron chi connectivity index (χ1n) is 7.53. The van der Waals surface area contributed by atoms with Crippen molar-refractivity contribution >= 4 is 0 Å². The predicted octanol–water partition coefficient (Wildman–Crippen LogP) is 1.57. The number of aryl methyl sites for hydroxylation is 1. The minimum Gasteiger partial charge on any atom is -0.378 e. The molecule has 0 amide bonds. The van der Waals surface area contributed by atoms with Gasteiger partial charge in [-0.1, -0.05) is 0 Å². The van der Waals surface area contributed by atoms with E-state index < -0.39 is 0 Å². The van der Waals surface area contributed by atoms with Gasteiger partial charge in [-0.05, 0) is 32.7 Å². The summed E-state index contributed by atoms with van der Waals surface area (Å²) in [5.41, 5.74) is 2.53. The Labute approximate surface area is 120 Å². The van der Waals surface area contributed by atoms with E-state index in [9.17, 15) is 0 Å². The maximum atomic E-state index is 6.05. The Morgan fingerprint density at radius 3 is 2.95 bits per heavy atom. The summed E-state index contributed by atoms with van der Waals surface area (Å²) in [6.45, 7) is 4.57. The fraction of sp³-hybridized carbons (Fsp3) is 0.800. The van der Waals surface area contributed by atoms with Crippen LogP contribution >= 0.6 is 0 Å². The van der Waals surface area contributed by atoms with Gasteiger partial charge in [-0.25, -0.2) is 0 Å². The van der Waals surface area contributed by atoms with Gasteiger partial charge in [-0.3, -0.25) is 4.68 Å². The van der Waals surface area contributed by atoms with Gasteiger partial charge < -0.3 is 14.8 Å². The van der Waals surface area contributed by atoms with Crippen molar-refractivity contribution in [3.63, 3.8) is 0 Å². The van der Waals surface area contributed by atoms with Crippen LogP contribution < -0.4 is 5.32 Å². The summed E-state index contributed by atoms with van der Waals surface area (Å²) in [7, 11) is 4.05. The van der Waals surface area contributed by atoms with Crippen LogP contribution in [-0.2, 0) is 16.5 Å². The molecule has 20 heavy (non-hydrogen) atoms. The number of aromatic nitrogens is 2. The lowest BCUT2D eigenvalue weighted by atomic mass is 9.79. The van der Waals surface area contributed by atoms with E-state index in [4.69, 9.17) is 9.47 Å².